The second-order valence-corrected chi connectivity index (χ2v) is 7.95. The van der Waals surface area contributed by atoms with E-state index in [9.17, 15) is 0 Å². The number of hydrogen-bond acceptors (Lipinski definition) is 5. The summed E-state index contributed by atoms with van der Waals surface area (Å²) in [6.45, 7) is 2.38. The molecule has 2 heterocycles. The summed E-state index contributed by atoms with van der Waals surface area (Å²) in [6, 6.07) is 12.0. The van der Waals surface area contributed by atoms with E-state index in [0.29, 0.717) is 6.61 Å². The lowest BCUT2D eigenvalue weighted by molar-refractivity contribution is -0.0425. The van der Waals surface area contributed by atoms with Crippen molar-refractivity contribution in [3.8, 4) is 11.5 Å². The van der Waals surface area contributed by atoms with Gasteiger partial charge in [-0.25, -0.2) is 0 Å². The Morgan fingerprint density at radius 3 is 2.73 bits per heavy atom. The van der Waals surface area contributed by atoms with E-state index in [1.807, 2.05) is 24.3 Å². The topological polar surface area (TPSA) is 39.7 Å². The van der Waals surface area contributed by atoms with E-state index in [0.717, 1.165) is 24.6 Å². The van der Waals surface area contributed by atoms with Gasteiger partial charge in [-0.1, -0.05) is 12.1 Å². The van der Waals surface area contributed by atoms with Crippen LogP contribution in [-0.4, -0.2) is 32.9 Å². The average molecular weight is 431 g/mol. The number of nitrogens with one attached hydrogen (secondary N) is 1. The highest BCUT2D eigenvalue weighted by Crippen LogP contribution is 2.36. The Kier molecular flexibility index (Phi) is 5.56. The fourth-order valence-electron chi connectivity index (χ4n) is 2.43. The van der Waals surface area contributed by atoms with Crippen molar-refractivity contribution in [2.45, 2.75) is 12.2 Å². The van der Waals surface area contributed by atoms with Gasteiger partial charge in [0.2, 0.25) is 0 Å². The maximum Gasteiger partial charge on any atom is 0.162 e. The molecule has 1 N–H and O–H groups in total. The SMILES string of the molecule is COc1ccccc1O[C@@H](c1ccc(I)s1)[C@@H]1CNCCO1. The molecule has 1 aromatic heterocycles. The summed E-state index contributed by atoms with van der Waals surface area (Å²) in [4.78, 5) is 1.17. The molecule has 0 saturated carbocycles. The first kappa shape index (κ1) is 16.0. The zero-order valence-corrected chi connectivity index (χ0v) is 15.2. The first-order valence-corrected chi connectivity index (χ1v) is 9.04. The third-order valence-corrected chi connectivity index (χ3v) is 5.45. The Morgan fingerprint density at radius 1 is 1.27 bits per heavy atom. The highest BCUT2D eigenvalue weighted by molar-refractivity contribution is 14.1. The summed E-state index contributed by atoms with van der Waals surface area (Å²) < 4.78 is 18.9. The molecule has 1 fully saturated rings. The molecule has 0 amide bonds. The van der Waals surface area contributed by atoms with Gasteiger partial charge in [-0.3, -0.25) is 0 Å². The molecular weight excluding hydrogens is 413 g/mol. The third kappa shape index (κ3) is 3.73. The standard InChI is InChI=1S/C16H18INO3S/c1-19-11-4-2-3-5-12(11)21-16(13-10-18-8-9-20-13)14-6-7-15(17)22-14/h2-7,13,16,18H,8-10H2,1H3/t13-,16+/m0/s1. The molecule has 2 atom stereocenters. The molecule has 0 unspecified atom stereocenters. The van der Waals surface area contributed by atoms with Gasteiger partial charge in [-0.2, -0.15) is 0 Å². The van der Waals surface area contributed by atoms with E-state index >= 15 is 0 Å². The Bertz CT molecular complexity index is 613. The molecule has 1 aliphatic heterocycles. The Balaban J connectivity index is 1.87. The van der Waals surface area contributed by atoms with Crippen molar-refractivity contribution in [3.63, 3.8) is 0 Å². The molecule has 1 saturated heterocycles. The number of methoxy groups -OCH3 is 1. The number of morpholine rings is 1. The zero-order valence-electron chi connectivity index (χ0n) is 12.3. The minimum Gasteiger partial charge on any atom is -0.493 e. The highest BCUT2D eigenvalue weighted by Gasteiger charge is 2.29. The molecule has 22 heavy (non-hydrogen) atoms. The van der Waals surface area contributed by atoms with E-state index < -0.39 is 0 Å². The number of thiophene rings is 1. The molecular formula is C16H18INO3S. The van der Waals surface area contributed by atoms with Crippen LogP contribution in [0.1, 0.15) is 11.0 Å². The lowest BCUT2D eigenvalue weighted by atomic mass is 10.1. The van der Waals surface area contributed by atoms with Gasteiger partial charge in [0.1, 0.15) is 6.10 Å². The van der Waals surface area contributed by atoms with Crippen LogP contribution in [0.5, 0.6) is 11.5 Å². The van der Waals surface area contributed by atoms with Crippen molar-refractivity contribution < 1.29 is 14.2 Å². The van der Waals surface area contributed by atoms with E-state index in [-0.39, 0.29) is 12.2 Å². The zero-order chi connectivity index (χ0) is 15.4. The van der Waals surface area contributed by atoms with Crippen LogP contribution in [0.4, 0.5) is 0 Å². The molecule has 6 heteroatoms. The maximum atomic E-state index is 6.29. The van der Waals surface area contributed by atoms with Gasteiger partial charge in [0.25, 0.3) is 0 Å². The van der Waals surface area contributed by atoms with Gasteiger partial charge in [-0.15, -0.1) is 11.3 Å². The van der Waals surface area contributed by atoms with Crippen molar-refractivity contribution in [2.24, 2.45) is 0 Å². The monoisotopic (exact) mass is 431 g/mol. The van der Waals surface area contributed by atoms with Crippen LogP contribution in [0.15, 0.2) is 36.4 Å². The summed E-state index contributed by atoms with van der Waals surface area (Å²) in [6.07, 6.45) is -0.147. The Labute approximate surface area is 147 Å². The molecule has 1 aliphatic rings. The number of para-hydroxylation sites is 2. The van der Waals surface area contributed by atoms with Crippen LogP contribution in [0.3, 0.4) is 0 Å². The smallest absolute Gasteiger partial charge is 0.162 e. The van der Waals surface area contributed by atoms with Crippen molar-refractivity contribution in [1.29, 1.82) is 0 Å². The van der Waals surface area contributed by atoms with Crippen molar-refractivity contribution >= 4 is 33.9 Å². The normalized spacial score (nSPS) is 19.6. The summed E-state index contributed by atoms with van der Waals surface area (Å²) >= 11 is 4.07. The molecule has 2 aromatic rings. The van der Waals surface area contributed by atoms with Crippen LogP contribution < -0.4 is 14.8 Å². The predicted molar refractivity (Wildman–Crippen MR) is 96.0 cm³/mol. The minimum absolute atomic E-state index is 0.00638. The predicted octanol–water partition coefficient (Wildman–Crippen LogP) is 3.47. The van der Waals surface area contributed by atoms with E-state index in [1.54, 1.807) is 18.4 Å². The lowest BCUT2D eigenvalue weighted by Gasteiger charge is -2.31. The van der Waals surface area contributed by atoms with E-state index in [2.05, 4.69) is 40.0 Å². The van der Waals surface area contributed by atoms with Crippen LogP contribution in [0.2, 0.25) is 0 Å². The molecule has 0 aliphatic carbocycles. The first-order valence-electron chi connectivity index (χ1n) is 7.15. The first-order chi connectivity index (χ1) is 10.8. The van der Waals surface area contributed by atoms with E-state index in [4.69, 9.17) is 14.2 Å². The van der Waals surface area contributed by atoms with Gasteiger partial charge in [0, 0.05) is 18.0 Å². The number of rotatable bonds is 5. The van der Waals surface area contributed by atoms with Gasteiger partial charge < -0.3 is 19.5 Å². The van der Waals surface area contributed by atoms with Gasteiger partial charge in [0.05, 0.1) is 16.6 Å². The number of hydrogen-bond donors (Lipinski definition) is 1. The van der Waals surface area contributed by atoms with Crippen molar-refractivity contribution in [1.82, 2.24) is 5.32 Å². The van der Waals surface area contributed by atoms with Gasteiger partial charge >= 0.3 is 0 Å². The summed E-state index contributed by atoms with van der Waals surface area (Å²) in [5.41, 5.74) is 0. The molecule has 118 valence electrons. The Morgan fingerprint density at radius 2 is 2.09 bits per heavy atom. The lowest BCUT2D eigenvalue weighted by Crippen LogP contribution is -2.43. The minimum atomic E-state index is -0.141. The fourth-order valence-corrected chi connectivity index (χ4v) is 4.19. The summed E-state index contributed by atoms with van der Waals surface area (Å²) in [5.74, 6) is 1.48. The number of benzene rings is 1. The van der Waals surface area contributed by atoms with Crippen LogP contribution >= 0.6 is 33.9 Å². The quantitative estimate of drug-likeness (QED) is 0.737. The van der Waals surface area contributed by atoms with Crippen molar-refractivity contribution in [3.05, 3.63) is 44.2 Å². The Hall–Kier alpha value is -0.830. The molecule has 0 radical (unpaired) electrons. The maximum absolute atomic E-state index is 6.29. The van der Waals surface area contributed by atoms with Crippen molar-refractivity contribution in [2.75, 3.05) is 26.8 Å². The second-order valence-electron chi connectivity index (χ2n) is 4.94. The molecule has 4 nitrogen and oxygen atoms in total. The highest BCUT2D eigenvalue weighted by atomic mass is 127. The van der Waals surface area contributed by atoms with Gasteiger partial charge in [-0.05, 0) is 46.9 Å². The molecule has 3 rings (SSSR count). The second kappa shape index (κ2) is 7.63. The third-order valence-electron chi connectivity index (χ3n) is 3.49. The van der Waals surface area contributed by atoms with Crippen LogP contribution in [0, 0.1) is 2.88 Å². The van der Waals surface area contributed by atoms with Crippen LogP contribution in [-0.2, 0) is 4.74 Å². The van der Waals surface area contributed by atoms with Crippen LogP contribution in [0.25, 0.3) is 0 Å². The van der Waals surface area contributed by atoms with E-state index in [1.165, 1.54) is 7.76 Å². The summed E-state index contributed by atoms with van der Waals surface area (Å²) in [5, 5.41) is 3.37. The summed E-state index contributed by atoms with van der Waals surface area (Å²) in [7, 11) is 1.66. The number of halogens is 1. The van der Waals surface area contributed by atoms with Gasteiger partial charge in [0.15, 0.2) is 17.6 Å². The average Bonchev–Trinajstić information content (AvgIpc) is 3.00. The molecule has 1 aromatic carbocycles. The molecule has 0 spiro atoms. The number of ether oxygens (including phenoxy) is 3. The fraction of sp³-hybridized carbons (Fsp3) is 0.375. The largest absolute Gasteiger partial charge is 0.493 e. The molecule has 0 bridgehead atoms.